The van der Waals surface area contributed by atoms with Crippen molar-refractivity contribution in [3.8, 4) is 0 Å². The second kappa shape index (κ2) is 9.86. The highest BCUT2D eigenvalue weighted by Crippen LogP contribution is 2.43. The molecule has 0 atom stereocenters. The third kappa shape index (κ3) is 3.92. The Morgan fingerprint density at radius 1 is 0.522 bits per heavy atom. The molecular formula is C41H26N2O2S. The first-order valence-electron chi connectivity index (χ1n) is 15.5. The van der Waals surface area contributed by atoms with Crippen molar-refractivity contribution in [1.29, 1.82) is 0 Å². The van der Waals surface area contributed by atoms with Crippen LogP contribution in [0.5, 0.6) is 0 Å². The number of nitrogens with one attached hydrogen (secondary N) is 1. The van der Waals surface area contributed by atoms with Gasteiger partial charge in [-0.05, 0) is 71.8 Å². The van der Waals surface area contributed by atoms with Crippen LogP contribution < -0.4 is 10.2 Å². The highest BCUT2D eigenvalue weighted by atomic mass is 32.1. The van der Waals surface area contributed by atoms with Gasteiger partial charge in [-0.25, -0.2) is 0 Å². The highest BCUT2D eigenvalue weighted by molar-refractivity contribution is 7.25. The minimum absolute atomic E-state index is 0.710. The second-order valence-electron chi connectivity index (χ2n) is 11.8. The zero-order valence-corrected chi connectivity index (χ0v) is 25.5. The van der Waals surface area contributed by atoms with Gasteiger partial charge >= 0.3 is 0 Å². The van der Waals surface area contributed by atoms with Gasteiger partial charge < -0.3 is 19.1 Å². The minimum atomic E-state index is 0.710. The first-order chi connectivity index (χ1) is 22.8. The van der Waals surface area contributed by atoms with E-state index in [0.717, 1.165) is 61.4 Å². The van der Waals surface area contributed by atoms with Crippen molar-refractivity contribution in [3.63, 3.8) is 0 Å². The van der Waals surface area contributed by atoms with E-state index in [2.05, 4.69) is 125 Å². The van der Waals surface area contributed by atoms with Crippen LogP contribution in [0, 0.1) is 0 Å². The number of anilines is 4. The lowest BCUT2D eigenvalue weighted by Crippen LogP contribution is -2.11. The molecule has 9 aromatic rings. The summed E-state index contributed by atoms with van der Waals surface area (Å²) < 4.78 is 15.0. The monoisotopic (exact) mass is 610 g/mol. The van der Waals surface area contributed by atoms with E-state index in [1.807, 2.05) is 35.6 Å². The molecule has 4 heterocycles. The molecule has 0 amide bonds. The standard InChI is InChI=1S/C41H26N2O2S/c1-4-10-36-30(7-1)32-19-17-28(22-38(32)44-36)43(29-18-20-34-33-9-3-6-12-39(33)46-40(34)23-29)27-15-13-25(14-16-27)26-21-35-31-8-2-5-11-37(31)45-41(35)42-24-26/h1-23,42H,24H2. The van der Waals surface area contributed by atoms with Gasteiger partial charge in [0.1, 0.15) is 16.7 Å². The highest BCUT2D eigenvalue weighted by Gasteiger charge is 2.20. The second-order valence-corrected chi connectivity index (χ2v) is 12.9. The Bertz CT molecular complexity index is 2540. The van der Waals surface area contributed by atoms with Gasteiger partial charge in [0, 0.05) is 71.6 Å². The van der Waals surface area contributed by atoms with Gasteiger partial charge in [0.05, 0.1) is 0 Å². The fourth-order valence-electron chi connectivity index (χ4n) is 6.91. The Labute approximate surface area is 268 Å². The normalized spacial score (nSPS) is 13.0. The van der Waals surface area contributed by atoms with Crippen molar-refractivity contribution in [2.45, 2.75) is 0 Å². The maximum atomic E-state index is 6.33. The summed E-state index contributed by atoms with van der Waals surface area (Å²) in [5.41, 5.74) is 9.44. The molecule has 0 radical (unpaired) electrons. The van der Waals surface area contributed by atoms with Crippen LogP contribution in [0.15, 0.2) is 142 Å². The smallest absolute Gasteiger partial charge is 0.201 e. The first kappa shape index (κ1) is 25.5. The number of hydrogen-bond donors (Lipinski definition) is 1. The van der Waals surface area contributed by atoms with Crippen molar-refractivity contribution in [1.82, 2.24) is 0 Å². The summed E-state index contributed by atoms with van der Waals surface area (Å²) >= 11 is 1.84. The van der Waals surface area contributed by atoms with Gasteiger partial charge in [0.15, 0.2) is 0 Å². The van der Waals surface area contributed by atoms with Crippen LogP contribution in [0.25, 0.3) is 64.7 Å². The third-order valence-corrected chi connectivity index (χ3v) is 10.3. The average molecular weight is 611 g/mol. The summed E-state index contributed by atoms with van der Waals surface area (Å²) in [5, 5.41) is 9.46. The number of thiophene rings is 1. The summed E-state index contributed by atoms with van der Waals surface area (Å²) in [6.07, 6.45) is 2.26. The Morgan fingerprint density at radius 2 is 1.15 bits per heavy atom. The van der Waals surface area contributed by atoms with Crippen LogP contribution in [0.4, 0.5) is 22.9 Å². The SMILES string of the molecule is C1=C(c2ccc(N(c3ccc4c(c3)oc3ccccc34)c3ccc4c(c3)sc3ccccc34)cc2)CNc2oc3ccccc3c21. The number of nitrogens with zero attached hydrogens (tertiary/aromatic N) is 1. The van der Waals surface area contributed by atoms with E-state index < -0.39 is 0 Å². The van der Waals surface area contributed by atoms with Gasteiger partial charge in [0.2, 0.25) is 5.88 Å². The molecule has 0 fully saturated rings. The number of benzene rings is 6. The molecule has 10 rings (SSSR count). The van der Waals surface area contributed by atoms with Crippen molar-refractivity contribution in [3.05, 3.63) is 145 Å². The quantitative estimate of drug-likeness (QED) is 0.215. The summed E-state index contributed by atoms with van der Waals surface area (Å²) in [6, 6.07) is 47.3. The predicted octanol–water partition coefficient (Wildman–Crippen LogP) is 12.1. The number of para-hydroxylation sites is 2. The van der Waals surface area contributed by atoms with E-state index in [0.29, 0.717) is 6.54 Å². The van der Waals surface area contributed by atoms with Crippen LogP contribution in [0.3, 0.4) is 0 Å². The van der Waals surface area contributed by atoms with Crippen LogP contribution in [0.1, 0.15) is 11.1 Å². The third-order valence-electron chi connectivity index (χ3n) is 9.13. The lowest BCUT2D eigenvalue weighted by atomic mass is 9.99. The van der Waals surface area contributed by atoms with Crippen molar-refractivity contribution >= 4 is 99.0 Å². The molecule has 0 unspecified atom stereocenters. The van der Waals surface area contributed by atoms with Gasteiger partial charge in [0.25, 0.3) is 0 Å². The molecule has 46 heavy (non-hydrogen) atoms. The molecule has 6 aromatic carbocycles. The number of rotatable bonds is 4. The van der Waals surface area contributed by atoms with Crippen molar-refractivity contribution in [2.24, 2.45) is 0 Å². The fourth-order valence-corrected chi connectivity index (χ4v) is 8.04. The zero-order chi connectivity index (χ0) is 30.2. The predicted molar refractivity (Wildman–Crippen MR) is 194 cm³/mol. The molecular weight excluding hydrogens is 585 g/mol. The number of hydrogen-bond acceptors (Lipinski definition) is 5. The molecule has 0 bridgehead atoms. The molecule has 1 aliphatic heterocycles. The van der Waals surface area contributed by atoms with Gasteiger partial charge in [-0.2, -0.15) is 0 Å². The summed E-state index contributed by atoms with van der Waals surface area (Å²) in [5.74, 6) is 0.838. The van der Waals surface area contributed by atoms with Crippen LogP contribution >= 0.6 is 11.3 Å². The van der Waals surface area contributed by atoms with E-state index in [1.165, 1.54) is 31.3 Å². The molecule has 4 nitrogen and oxygen atoms in total. The summed E-state index contributed by atoms with van der Waals surface area (Å²) in [6.45, 7) is 0.710. The van der Waals surface area contributed by atoms with Crippen LogP contribution in [-0.4, -0.2) is 6.54 Å². The van der Waals surface area contributed by atoms with Crippen molar-refractivity contribution < 1.29 is 8.83 Å². The molecule has 5 heteroatoms. The lowest BCUT2D eigenvalue weighted by molar-refractivity contribution is 0.628. The molecule has 0 spiro atoms. The summed E-state index contributed by atoms with van der Waals surface area (Å²) in [7, 11) is 0. The lowest BCUT2D eigenvalue weighted by Gasteiger charge is -2.26. The Balaban J connectivity index is 1.10. The van der Waals surface area contributed by atoms with Gasteiger partial charge in [-0.15, -0.1) is 11.3 Å². The molecule has 1 N–H and O–H groups in total. The Kier molecular flexibility index (Phi) is 5.47. The van der Waals surface area contributed by atoms with Crippen molar-refractivity contribution in [2.75, 3.05) is 16.8 Å². The van der Waals surface area contributed by atoms with E-state index in [4.69, 9.17) is 8.83 Å². The summed E-state index contributed by atoms with van der Waals surface area (Å²) in [4.78, 5) is 2.33. The van der Waals surface area contributed by atoms with E-state index in [1.54, 1.807) is 0 Å². The van der Waals surface area contributed by atoms with Crippen LogP contribution in [0.2, 0.25) is 0 Å². The molecule has 0 aliphatic carbocycles. The van der Waals surface area contributed by atoms with E-state index >= 15 is 0 Å². The topological polar surface area (TPSA) is 41.6 Å². The molecule has 0 saturated carbocycles. The minimum Gasteiger partial charge on any atom is -0.456 e. The molecule has 3 aromatic heterocycles. The maximum absolute atomic E-state index is 6.33. The number of fused-ring (bicyclic) bond motifs is 9. The molecule has 1 aliphatic rings. The van der Waals surface area contributed by atoms with Crippen LogP contribution in [-0.2, 0) is 0 Å². The Hall–Kier alpha value is -5.78. The van der Waals surface area contributed by atoms with E-state index in [-0.39, 0.29) is 0 Å². The Morgan fingerprint density at radius 3 is 2.00 bits per heavy atom. The van der Waals surface area contributed by atoms with Gasteiger partial charge in [-0.3, -0.25) is 0 Å². The molecule has 0 saturated heterocycles. The van der Waals surface area contributed by atoms with Gasteiger partial charge in [-0.1, -0.05) is 72.8 Å². The number of furan rings is 2. The first-order valence-corrected chi connectivity index (χ1v) is 16.3. The van der Waals surface area contributed by atoms with E-state index in [9.17, 15) is 0 Å². The molecule has 218 valence electrons. The maximum Gasteiger partial charge on any atom is 0.201 e. The largest absolute Gasteiger partial charge is 0.456 e. The fraction of sp³-hybridized carbons (Fsp3) is 0.0244. The zero-order valence-electron chi connectivity index (χ0n) is 24.7. The average Bonchev–Trinajstić information content (AvgIpc) is 3.79.